The Morgan fingerprint density at radius 2 is 2.18 bits per heavy atom. The number of carbonyl (C=O) groups excluding carboxylic acids is 1. The van der Waals surface area contributed by atoms with Gasteiger partial charge >= 0.3 is 0 Å². The lowest BCUT2D eigenvalue weighted by Gasteiger charge is -2.21. The van der Waals surface area contributed by atoms with Crippen LogP contribution in [-0.2, 0) is 4.74 Å². The van der Waals surface area contributed by atoms with Gasteiger partial charge < -0.3 is 19.3 Å². The largest absolute Gasteiger partial charge is 0.396 e. The van der Waals surface area contributed by atoms with Gasteiger partial charge in [-0.05, 0) is 0 Å². The fourth-order valence-electron chi connectivity index (χ4n) is 2.45. The summed E-state index contributed by atoms with van der Waals surface area (Å²) in [5, 5.41) is 13.2. The first kappa shape index (κ1) is 14.7. The van der Waals surface area contributed by atoms with Gasteiger partial charge in [0.05, 0.1) is 13.2 Å². The van der Waals surface area contributed by atoms with E-state index in [1.807, 2.05) is 30.3 Å². The van der Waals surface area contributed by atoms with Crippen LogP contribution in [0.2, 0.25) is 0 Å². The van der Waals surface area contributed by atoms with Crippen molar-refractivity contribution in [2.24, 2.45) is 5.92 Å². The zero-order valence-electron chi connectivity index (χ0n) is 12.1. The molecule has 1 atom stereocenters. The van der Waals surface area contributed by atoms with Crippen LogP contribution in [0.1, 0.15) is 10.5 Å². The lowest BCUT2D eigenvalue weighted by Crippen LogP contribution is -2.36. The highest BCUT2D eigenvalue weighted by atomic mass is 16.5. The summed E-state index contributed by atoms with van der Waals surface area (Å²) in [5.74, 6) is 0.301. The third-order valence-corrected chi connectivity index (χ3v) is 3.67. The van der Waals surface area contributed by atoms with Gasteiger partial charge in [0.1, 0.15) is 0 Å². The lowest BCUT2D eigenvalue weighted by molar-refractivity contribution is 0.0718. The van der Waals surface area contributed by atoms with Crippen molar-refractivity contribution in [2.75, 3.05) is 32.9 Å². The molecule has 2 aromatic rings. The number of aliphatic hydroxyl groups is 1. The molecule has 0 unspecified atom stereocenters. The van der Waals surface area contributed by atoms with Crippen LogP contribution in [0.5, 0.6) is 0 Å². The maximum atomic E-state index is 12.5. The zero-order valence-corrected chi connectivity index (χ0v) is 12.1. The van der Waals surface area contributed by atoms with Gasteiger partial charge in [-0.15, -0.1) is 0 Å². The first-order valence-corrected chi connectivity index (χ1v) is 7.28. The van der Waals surface area contributed by atoms with Gasteiger partial charge in [0.25, 0.3) is 5.91 Å². The molecule has 0 spiro atoms. The molecule has 0 bridgehead atoms. The molecular weight excluding hydrogens is 284 g/mol. The summed E-state index contributed by atoms with van der Waals surface area (Å²) in [6.45, 7) is 1.88. The van der Waals surface area contributed by atoms with E-state index >= 15 is 0 Å². The van der Waals surface area contributed by atoms with Crippen LogP contribution in [0.15, 0.2) is 40.9 Å². The van der Waals surface area contributed by atoms with Crippen LogP contribution in [0.4, 0.5) is 0 Å². The van der Waals surface area contributed by atoms with Crippen LogP contribution < -0.4 is 0 Å². The smallest absolute Gasteiger partial charge is 0.276 e. The molecule has 6 nitrogen and oxygen atoms in total. The minimum atomic E-state index is -0.199. The normalized spacial score (nSPS) is 19.0. The van der Waals surface area contributed by atoms with E-state index in [1.165, 1.54) is 0 Å². The Bertz CT molecular complexity index is 626. The molecule has 6 heteroatoms. The molecule has 1 fully saturated rings. The summed E-state index contributed by atoms with van der Waals surface area (Å²) in [6.07, 6.45) is 0. The summed E-state index contributed by atoms with van der Waals surface area (Å²) in [7, 11) is 0. The topological polar surface area (TPSA) is 75.8 Å². The monoisotopic (exact) mass is 302 g/mol. The number of hydrogen-bond acceptors (Lipinski definition) is 5. The quantitative estimate of drug-likeness (QED) is 0.928. The Labute approximate surface area is 128 Å². The highest BCUT2D eigenvalue weighted by Crippen LogP contribution is 2.21. The van der Waals surface area contributed by atoms with Crippen LogP contribution >= 0.6 is 0 Å². The van der Waals surface area contributed by atoms with Gasteiger partial charge in [0.2, 0.25) is 0 Å². The second-order valence-electron chi connectivity index (χ2n) is 5.32. The van der Waals surface area contributed by atoms with Crippen LogP contribution in [-0.4, -0.2) is 54.0 Å². The van der Waals surface area contributed by atoms with E-state index in [0.717, 1.165) is 5.56 Å². The molecular formula is C16H18N2O4. The van der Waals surface area contributed by atoms with E-state index < -0.39 is 0 Å². The summed E-state index contributed by atoms with van der Waals surface area (Å²) in [6, 6.07) is 11.2. The molecule has 1 aromatic heterocycles. The molecule has 1 aliphatic rings. The molecule has 1 aromatic carbocycles. The number of hydrogen-bond donors (Lipinski definition) is 1. The van der Waals surface area contributed by atoms with Crippen molar-refractivity contribution < 1.29 is 19.2 Å². The number of aliphatic hydroxyl groups excluding tert-OH is 1. The van der Waals surface area contributed by atoms with Gasteiger partial charge in [-0.1, -0.05) is 35.5 Å². The summed E-state index contributed by atoms with van der Waals surface area (Å²) in [4.78, 5) is 14.2. The van der Waals surface area contributed by atoms with Gasteiger partial charge in [-0.2, -0.15) is 0 Å². The molecule has 3 rings (SSSR count). The highest BCUT2D eigenvalue weighted by molar-refractivity contribution is 5.93. The molecule has 0 aliphatic carbocycles. The molecule has 2 heterocycles. The molecule has 1 saturated heterocycles. The predicted molar refractivity (Wildman–Crippen MR) is 79.2 cm³/mol. The zero-order chi connectivity index (χ0) is 15.4. The minimum Gasteiger partial charge on any atom is -0.396 e. The summed E-state index contributed by atoms with van der Waals surface area (Å²) < 4.78 is 10.7. The van der Waals surface area contributed by atoms with E-state index in [1.54, 1.807) is 11.0 Å². The summed E-state index contributed by atoms with van der Waals surface area (Å²) in [5.41, 5.74) is 1.15. The van der Waals surface area contributed by atoms with Gasteiger partial charge in [0.15, 0.2) is 11.5 Å². The first-order chi connectivity index (χ1) is 10.8. The van der Waals surface area contributed by atoms with Crippen molar-refractivity contribution in [3.63, 3.8) is 0 Å². The average Bonchev–Trinajstić information content (AvgIpc) is 2.93. The number of ether oxygens (including phenoxy) is 1. The second-order valence-corrected chi connectivity index (χ2v) is 5.32. The molecule has 0 saturated carbocycles. The number of rotatable bonds is 3. The molecule has 1 N–H and O–H groups in total. The molecule has 1 aliphatic heterocycles. The van der Waals surface area contributed by atoms with Gasteiger partial charge in [0, 0.05) is 37.2 Å². The van der Waals surface area contributed by atoms with Crippen LogP contribution in [0, 0.1) is 5.92 Å². The summed E-state index contributed by atoms with van der Waals surface area (Å²) >= 11 is 0. The third-order valence-electron chi connectivity index (χ3n) is 3.67. The molecule has 1 amide bonds. The Kier molecular flexibility index (Phi) is 4.50. The van der Waals surface area contributed by atoms with Crippen molar-refractivity contribution in [1.29, 1.82) is 0 Å². The number of benzene rings is 1. The molecule has 116 valence electrons. The fraction of sp³-hybridized carbons (Fsp3) is 0.375. The Hall–Kier alpha value is -2.18. The number of carbonyl (C=O) groups is 1. The second kappa shape index (κ2) is 6.72. The van der Waals surface area contributed by atoms with Crippen molar-refractivity contribution in [3.8, 4) is 11.3 Å². The van der Waals surface area contributed by atoms with Crippen LogP contribution in [0.25, 0.3) is 11.3 Å². The number of nitrogens with zero attached hydrogens (tertiary/aromatic N) is 2. The Morgan fingerprint density at radius 1 is 1.36 bits per heavy atom. The SMILES string of the molecule is O=C(c1cc(-c2ccccc2)on1)N1CCOC[C@H](CO)C1. The van der Waals surface area contributed by atoms with Gasteiger partial charge in [-0.3, -0.25) is 4.79 Å². The average molecular weight is 302 g/mol. The van der Waals surface area contributed by atoms with Crippen molar-refractivity contribution >= 4 is 5.91 Å². The predicted octanol–water partition coefficient (Wildman–Crippen LogP) is 1.42. The third kappa shape index (κ3) is 3.18. The number of amides is 1. The Morgan fingerprint density at radius 3 is 2.95 bits per heavy atom. The van der Waals surface area contributed by atoms with E-state index in [2.05, 4.69) is 5.16 Å². The van der Waals surface area contributed by atoms with E-state index in [-0.39, 0.29) is 24.1 Å². The number of aromatic nitrogens is 1. The first-order valence-electron chi connectivity index (χ1n) is 7.28. The van der Waals surface area contributed by atoms with Crippen molar-refractivity contribution in [2.45, 2.75) is 0 Å². The van der Waals surface area contributed by atoms with E-state index in [4.69, 9.17) is 9.26 Å². The maximum absolute atomic E-state index is 12.5. The van der Waals surface area contributed by atoms with Gasteiger partial charge in [-0.25, -0.2) is 0 Å². The molecule has 0 radical (unpaired) electrons. The fourth-order valence-corrected chi connectivity index (χ4v) is 2.45. The maximum Gasteiger partial charge on any atom is 0.276 e. The van der Waals surface area contributed by atoms with Crippen molar-refractivity contribution in [3.05, 3.63) is 42.1 Å². The van der Waals surface area contributed by atoms with Crippen LogP contribution in [0.3, 0.4) is 0 Å². The standard InChI is InChI=1S/C16H18N2O4/c19-10-12-9-18(6-7-21-11-12)16(20)14-8-15(22-17-14)13-4-2-1-3-5-13/h1-5,8,12,19H,6-7,9-11H2/t12-/m0/s1. The van der Waals surface area contributed by atoms with E-state index in [9.17, 15) is 9.90 Å². The van der Waals surface area contributed by atoms with E-state index in [0.29, 0.717) is 32.1 Å². The minimum absolute atomic E-state index is 0.00212. The lowest BCUT2D eigenvalue weighted by atomic mass is 10.1. The Balaban J connectivity index is 1.76. The molecule has 22 heavy (non-hydrogen) atoms. The highest BCUT2D eigenvalue weighted by Gasteiger charge is 2.25. The van der Waals surface area contributed by atoms with Crippen molar-refractivity contribution in [1.82, 2.24) is 10.1 Å².